The van der Waals surface area contributed by atoms with Gasteiger partial charge in [-0.05, 0) is 19.0 Å². The lowest BCUT2D eigenvalue weighted by atomic mass is 10.2. The largest absolute Gasteiger partial charge is 0.330 e. The monoisotopic (exact) mass is 130 g/mol. The van der Waals surface area contributed by atoms with Gasteiger partial charge in [0.1, 0.15) is 0 Å². The molecule has 0 amide bonds. The molecule has 2 heteroatoms. The summed E-state index contributed by atoms with van der Waals surface area (Å²) in [4.78, 5) is 0. The van der Waals surface area contributed by atoms with Crippen LogP contribution in [0.3, 0.4) is 0 Å². The van der Waals surface area contributed by atoms with Crippen LogP contribution in [-0.4, -0.2) is 19.1 Å². The summed E-state index contributed by atoms with van der Waals surface area (Å²) in [5.41, 5.74) is 5.42. The molecule has 0 bridgehead atoms. The Hall–Kier alpha value is -0.0800. The number of nitrogens with two attached hydrogens (primary N) is 1. The van der Waals surface area contributed by atoms with Crippen LogP contribution in [-0.2, 0) is 0 Å². The second-order valence-electron chi connectivity index (χ2n) is 2.90. The molecule has 0 spiro atoms. The van der Waals surface area contributed by atoms with Crippen molar-refractivity contribution in [3.63, 3.8) is 0 Å². The molecule has 0 rings (SSSR count). The minimum absolute atomic E-state index is 0.582. The molecule has 0 aromatic rings. The van der Waals surface area contributed by atoms with Gasteiger partial charge in [0.25, 0.3) is 0 Å². The fourth-order valence-corrected chi connectivity index (χ4v) is 0.520. The first-order valence-electron chi connectivity index (χ1n) is 3.60. The first kappa shape index (κ1) is 8.92. The van der Waals surface area contributed by atoms with Crippen molar-refractivity contribution in [3.05, 3.63) is 0 Å². The lowest BCUT2D eigenvalue weighted by Gasteiger charge is -2.11. The van der Waals surface area contributed by atoms with Crippen molar-refractivity contribution in [1.82, 2.24) is 5.32 Å². The van der Waals surface area contributed by atoms with E-state index >= 15 is 0 Å². The van der Waals surface area contributed by atoms with Crippen LogP contribution in [0.1, 0.15) is 20.8 Å². The van der Waals surface area contributed by atoms with E-state index in [-0.39, 0.29) is 0 Å². The summed E-state index contributed by atoms with van der Waals surface area (Å²) in [5, 5.41) is 3.32. The molecule has 0 radical (unpaired) electrons. The Morgan fingerprint density at radius 1 is 1.33 bits per heavy atom. The molecule has 0 saturated carbocycles. The van der Waals surface area contributed by atoms with Gasteiger partial charge < -0.3 is 11.1 Å². The molecule has 0 aliphatic heterocycles. The van der Waals surface area contributed by atoms with Gasteiger partial charge in [0, 0.05) is 6.04 Å². The van der Waals surface area contributed by atoms with E-state index in [4.69, 9.17) is 5.73 Å². The molecule has 0 aromatic carbocycles. The number of hydrogen-bond donors (Lipinski definition) is 2. The van der Waals surface area contributed by atoms with E-state index in [1.807, 2.05) is 0 Å². The average molecular weight is 130 g/mol. The summed E-state index contributed by atoms with van der Waals surface area (Å²) in [6.07, 6.45) is 0. The van der Waals surface area contributed by atoms with Gasteiger partial charge in [0.2, 0.25) is 0 Å². The maximum atomic E-state index is 5.42. The molecule has 0 fully saturated rings. The van der Waals surface area contributed by atoms with Gasteiger partial charge in [0.15, 0.2) is 0 Å². The normalized spacial score (nSPS) is 14.3. The van der Waals surface area contributed by atoms with Crippen molar-refractivity contribution in [2.24, 2.45) is 11.7 Å². The van der Waals surface area contributed by atoms with Crippen LogP contribution < -0.4 is 11.1 Å². The highest BCUT2D eigenvalue weighted by Gasteiger charge is 1.98. The highest BCUT2D eigenvalue weighted by Crippen LogP contribution is 1.88. The van der Waals surface area contributed by atoms with E-state index < -0.39 is 0 Å². The SMILES string of the molecule is CC(C)NC[C@@H](C)CN. The van der Waals surface area contributed by atoms with E-state index in [1.54, 1.807) is 0 Å². The van der Waals surface area contributed by atoms with Crippen molar-refractivity contribution in [3.8, 4) is 0 Å². The predicted octanol–water partition coefficient (Wildman–Crippen LogP) is 0.579. The van der Waals surface area contributed by atoms with Crippen molar-refractivity contribution >= 4 is 0 Å². The van der Waals surface area contributed by atoms with E-state index in [2.05, 4.69) is 26.1 Å². The quantitative estimate of drug-likeness (QED) is 0.584. The molecule has 0 aromatic heterocycles. The third-order valence-corrected chi connectivity index (χ3v) is 1.28. The zero-order valence-corrected chi connectivity index (χ0v) is 6.65. The zero-order valence-electron chi connectivity index (χ0n) is 6.65. The van der Waals surface area contributed by atoms with Crippen LogP contribution in [0.4, 0.5) is 0 Å². The first-order chi connectivity index (χ1) is 4.16. The summed E-state index contributed by atoms with van der Waals surface area (Å²) in [6, 6.07) is 0.582. The highest BCUT2D eigenvalue weighted by molar-refractivity contribution is 4.59. The fourth-order valence-electron chi connectivity index (χ4n) is 0.520. The summed E-state index contributed by atoms with van der Waals surface area (Å²) >= 11 is 0. The highest BCUT2D eigenvalue weighted by atomic mass is 14.9. The summed E-state index contributed by atoms with van der Waals surface area (Å²) in [5.74, 6) is 0.604. The third kappa shape index (κ3) is 5.80. The Labute approximate surface area is 57.8 Å². The molecule has 0 aliphatic carbocycles. The maximum absolute atomic E-state index is 5.42. The molecule has 0 aliphatic rings. The van der Waals surface area contributed by atoms with Gasteiger partial charge in [-0.3, -0.25) is 0 Å². The van der Waals surface area contributed by atoms with Crippen LogP contribution in [0, 0.1) is 5.92 Å². The molecule has 2 nitrogen and oxygen atoms in total. The van der Waals surface area contributed by atoms with E-state index in [1.165, 1.54) is 0 Å². The smallest absolute Gasteiger partial charge is 0.00105 e. The molecule has 3 N–H and O–H groups in total. The van der Waals surface area contributed by atoms with Crippen LogP contribution in [0.25, 0.3) is 0 Å². The Morgan fingerprint density at radius 3 is 2.22 bits per heavy atom. The van der Waals surface area contributed by atoms with Crippen LogP contribution in [0.15, 0.2) is 0 Å². The predicted molar refractivity (Wildman–Crippen MR) is 41.4 cm³/mol. The van der Waals surface area contributed by atoms with Gasteiger partial charge in [-0.15, -0.1) is 0 Å². The maximum Gasteiger partial charge on any atom is 0.00105 e. The molecule has 1 atom stereocenters. The van der Waals surface area contributed by atoms with Gasteiger partial charge >= 0.3 is 0 Å². The minimum atomic E-state index is 0.582. The number of nitrogens with one attached hydrogen (secondary N) is 1. The van der Waals surface area contributed by atoms with Crippen LogP contribution >= 0.6 is 0 Å². The van der Waals surface area contributed by atoms with Crippen molar-refractivity contribution in [2.45, 2.75) is 26.8 Å². The minimum Gasteiger partial charge on any atom is -0.330 e. The Morgan fingerprint density at radius 2 is 1.89 bits per heavy atom. The van der Waals surface area contributed by atoms with E-state index in [0.717, 1.165) is 13.1 Å². The van der Waals surface area contributed by atoms with Gasteiger partial charge in [0.05, 0.1) is 0 Å². The van der Waals surface area contributed by atoms with Crippen molar-refractivity contribution in [1.29, 1.82) is 0 Å². The molecule has 0 heterocycles. The first-order valence-corrected chi connectivity index (χ1v) is 3.60. The standard InChI is InChI=1S/C7H18N2/c1-6(2)9-5-7(3)4-8/h6-7,9H,4-5,8H2,1-3H3/t7-/m0/s1. The molecular formula is C7H18N2. The fraction of sp³-hybridized carbons (Fsp3) is 1.00. The van der Waals surface area contributed by atoms with Crippen LogP contribution in [0.5, 0.6) is 0 Å². The van der Waals surface area contributed by atoms with Crippen LogP contribution in [0.2, 0.25) is 0 Å². The van der Waals surface area contributed by atoms with Gasteiger partial charge in [-0.25, -0.2) is 0 Å². The number of hydrogen-bond acceptors (Lipinski definition) is 2. The molecule has 0 saturated heterocycles. The van der Waals surface area contributed by atoms with E-state index in [9.17, 15) is 0 Å². The van der Waals surface area contributed by atoms with Crippen molar-refractivity contribution < 1.29 is 0 Å². The third-order valence-electron chi connectivity index (χ3n) is 1.28. The lowest BCUT2D eigenvalue weighted by Crippen LogP contribution is -2.30. The Bertz CT molecular complexity index is 61.9. The zero-order chi connectivity index (χ0) is 7.28. The average Bonchev–Trinajstić information content (AvgIpc) is 1.83. The van der Waals surface area contributed by atoms with Gasteiger partial charge in [-0.1, -0.05) is 20.8 Å². The van der Waals surface area contributed by atoms with E-state index in [0.29, 0.717) is 12.0 Å². The summed E-state index contributed by atoms with van der Waals surface area (Å²) in [6.45, 7) is 8.25. The summed E-state index contributed by atoms with van der Waals surface area (Å²) in [7, 11) is 0. The Balaban J connectivity index is 3.06. The molecule has 9 heavy (non-hydrogen) atoms. The lowest BCUT2D eigenvalue weighted by molar-refractivity contribution is 0.484. The molecular weight excluding hydrogens is 112 g/mol. The molecule has 56 valence electrons. The topological polar surface area (TPSA) is 38.0 Å². The Kier molecular flexibility index (Phi) is 4.72. The second-order valence-corrected chi connectivity index (χ2v) is 2.90. The van der Waals surface area contributed by atoms with Gasteiger partial charge in [-0.2, -0.15) is 0 Å². The molecule has 0 unspecified atom stereocenters. The van der Waals surface area contributed by atoms with Crippen molar-refractivity contribution in [2.75, 3.05) is 13.1 Å². The summed E-state index contributed by atoms with van der Waals surface area (Å²) < 4.78 is 0. The number of rotatable bonds is 4. The second kappa shape index (κ2) is 4.77.